The summed E-state index contributed by atoms with van der Waals surface area (Å²) in [7, 11) is 0. The van der Waals surface area contributed by atoms with Crippen LogP contribution in [0.4, 0.5) is 4.39 Å². The van der Waals surface area contributed by atoms with Crippen LogP contribution in [-0.4, -0.2) is 24.0 Å². The first kappa shape index (κ1) is 13.9. The van der Waals surface area contributed by atoms with E-state index in [0.29, 0.717) is 12.5 Å². The molecule has 0 radical (unpaired) electrons. The number of hydrogen-bond donors (Lipinski definition) is 3. The Kier molecular flexibility index (Phi) is 4.08. The van der Waals surface area contributed by atoms with E-state index >= 15 is 0 Å². The number of aromatic amines is 1. The third-order valence-corrected chi connectivity index (χ3v) is 4.17. The largest absolute Gasteiger partial charge is 0.370 e. The molecular formula is C16H21FN4. The number of hydrogen-bond acceptors (Lipinski definition) is 1. The number of rotatable bonds is 5. The number of aromatic nitrogens is 1. The third kappa shape index (κ3) is 3.35. The fourth-order valence-corrected chi connectivity index (χ4v) is 2.64. The summed E-state index contributed by atoms with van der Waals surface area (Å²) in [6, 6.07) is 4.79. The average Bonchev–Trinajstić information content (AvgIpc) is 2.80. The monoisotopic (exact) mass is 288 g/mol. The minimum Gasteiger partial charge on any atom is -0.370 e. The van der Waals surface area contributed by atoms with Gasteiger partial charge in [-0.2, -0.15) is 0 Å². The summed E-state index contributed by atoms with van der Waals surface area (Å²) in [6.07, 6.45) is 6.58. The summed E-state index contributed by atoms with van der Waals surface area (Å²) >= 11 is 0. The summed E-state index contributed by atoms with van der Waals surface area (Å²) < 4.78 is 13.3. The second kappa shape index (κ2) is 6.16. The predicted molar refractivity (Wildman–Crippen MR) is 83.8 cm³/mol. The van der Waals surface area contributed by atoms with Crippen LogP contribution in [0.1, 0.15) is 24.8 Å². The van der Waals surface area contributed by atoms with Crippen molar-refractivity contribution in [1.29, 1.82) is 0 Å². The van der Waals surface area contributed by atoms with Gasteiger partial charge < -0.3 is 16.0 Å². The number of nitrogens with one attached hydrogen (secondary N) is 2. The highest BCUT2D eigenvalue weighted by Crippen LogP contribution is 2.26. The molecule has 1 saturated carbocycles. The number of nitrogens with zero attached hydrogens (tertiary/aromatic N) is 1. The van der Waals surface area contributed by atoms with E-state index in [9.17, 15) is 4.39 Å². The number of fused-ring (bicyclic) bond motifs is 1. The summed E-state index contributed by atoms with van der Waals surface area (Å²) in [5.41, 5.74) is 7.89. The molecule has 4 N–H and O–H groups in total. The second-order valence-electron chi connectivity index (χ2n) is 5.70. The lowest BCUT2D eigenvalue weighted by molar-refractivity contribution is 0.326. The maximum Gasteiger partial charge on any atom is 0.188 e. The van der Waals surface area contributed by atoms with Gasteiger partial charge in [0.1, 0.15) is 5.82 Å². The standard InChI is InChI=1S/C16H21FN4/c17-13-4-5-15-14(8-13)12(10-20-15)6-7-19-16(18)21-9-11-2-1-3-11/h4-5,8,10-11,20H,1-3,6-7,9H2,(H3,18,19,21). The summed E-state index contributed by atoms with van der Waals surface area (Å²) in [4.78, 5) is 7.51. The minimum absolute atomic E-state index is 0.210. The summed E-state index contributed by atoms with van der Waals surface area (Å²) in [5.74, 6) is 1.02. The quantitative estimate of drug-likeness (QED) is 0.585. The van der Waals surface area contributed by atoms with Crippen molar-refractivity contribution < 1.29 is 4.39 Å². The molecule has 3 rings (SSSR count). The molecule has 5 heteroatoms. The molecule has 4 nitrogen and oxygen atoms in total. The molecule has 1 aliphatic rings. The Morgan fingerprint density at radius 3 is 3.05 bits per heavy atom. The minimum atomic E-state index is -0.210. The highest BCUT2D eigenvalue weighted by molar-refractivity contribution is 5.83. The van der Waals surface area contributed by atoms with Gasteiger partial charge >= 0.3 is 0 Å². The first-order chi connectivity index (χ1) is 10.2. The van der Waals surface area contributed by atoms with Gasteiger partial charge in [-0.05, 0) is 48.9 Å². The van der Waals surface area contributed by atoms with E-state index in [4.69, 9.17) is 5.73 Å². The van der Waals surface area contributed by atoms with Crippen molar-refractivity contribution in [3.05, 3.63) is 35.8 Å². The molecule has 2 aromatic rings. The normalized spacial score (nSPS) is 16.1. The van der Waals surface area contributed by atoms with Crippen molar-refractivity contribution >= 4 is 16.9 Å². The Morgan fingerprint density at radius 2 is 2.29 bits per heavy atom. The van der Waals surface area contributed by atoms with Crippen molar-refractivity contribution in [3.63, 3.8) is 0 Å². The zero-order valence-corrected chi connectivity index (χ0v) is 12.0. The van der Waals surface area contributed by atoms with E-state index in [-0.39, 0.29) is 5.82 Å². The number of nitrogens with two attached hydrogens (primary N) is 1. The molecule has 1 aromatic carbocycles. The number of guanidine groups is 1. The fourth-order valence-electron chi connectivity index (χ4n) is 2.64. The highest BCUT2D eigenvalue weighted by atomic mass is 19.1. The van der Waals surface area contributed by atoms with E-state index in [1.54, 1.807) is 12.1 Å². The van der Waals surface area contributed by atoms with Crippen LogP contribution in [0.3, 0.4) is 0 Å². The molecule has 0 atom stereocenters. The van der Waals surface area contributed by atoms with Gasteiger partial charge in [-0.1, -0.05) is 6.42 Å². The van der Waals surface area contributed by atoms with Crippen LogP contribution < -0.4 is 11.1 Å². The first-order valence-corrected chi connectivity index (χ1v) is 7.51. The molecule has 0 bridgehead atoms. The Bertz CT molecular complexity index is 643. The van der Waals surface area contributed by atoms with Gasteiger partial charge in [-0.3, -0.25) is 4.99 Å². The molecule has 1 fully saturated rings. The second-order valence-corrected chi connectivity index (χ2v) is 5.70. The van der Waals surface area contributed by atoms with Crippen LogP contribution in [0.25, 0.3) is 10.9 Å². The van der Waals surface area contributed by atoms with Crippen molar-refractivity contribution in [3.8, 4) is 0 Å². The number of halogens is 1. The van der Waals surface area contributed by atoms with Crippen molar-refractivity contribution in [2.45, 2.75) is 25.7 Å². The molecule has 0 saturated heterocycles. The van der Waals surface area contributed by atoms with Crippen molar-refractivity contribution in [1.82, 2.24) is 10.3 Å². The topological polar surface area (TPSA) is 66.2 Å². The van der Waals surface area contributed by atoms with E-state index in [1.165, 1.54) is 25.3 Å². The van der Waals surface area contributed by atoms with Gasteiger partial charge in [0, 0.05) is 30.2 Å². The van der Waals surface area contributed by atoms with Crippen LogP contribution in [0.2, 0.25) is 0 Å². The molecular weight excluding hydrogens is 267 g/mol. The van der Waals surface area contributed by atoms with Gasteiger partial charge in [0.25, 0.3) is 0 Å². The SMILES string of the molecule is NC(=NCC1CCC1)NCCc1c[nH]c2ccc(F)cc12. The molecule has 0 amide bonds. The van der Waals surface area contributed by atoms with Gasteiger partial charge in [0.2, 0.25) is 0 Å². The van der Waals surface area contributed by atoms with Gasteiger partial charge in [0.15, 0.2) is 5.96 Å². The zero-order valence-electron chi connectivity index (χ0n) is 12.0. The smallest absolute Gasteiger partial charge is 0.188 e. The summed E-state index contributed by atoms with van der Waals surface area (Å²) in [5, 5.41) is 4.06. The number of aliphatic imine (C=N–C) groups is 1. The fraction of sp³-hybridized carbons (Fsp3) is 0.438. The van der Waals surface area contributed by atoms with Crippen molar-refractivity contribution in [2.75, 3.05) is 13.1 Å². The van der Waals surface area contributed by atoms with E-state index in [2.05, 4.69) is 15.3 Å². The Labute approximate surface area is 123 Å². The number of H-pyrrole nitrogens is 1. The molecule has 112 valence electrons. The lowest BCUT2D eigenvalue weighted by Gasteiger charge is -2.23. The molecule has 0 aliphatic heterocycles. The van der Waals surface area contributed by atoms with Gasteiger partial charge in [-0.25, -0.2) is 4.39 Å². The predicted octanol–water partition coefficient (Wildman–Crippen LogP) is 2.55. The third-order valence-electron chi connectivity index (χ3n) is 4.17. The lowest BCUT2D eigenvalue weighted by Crippen LogP contribution is -2.34. The zero-order chi connectivity index (χ0) is 14.7. The molecule has 1 aliphatic carbocycles. The summed E-state index contributed by atoms with van der Waals surface area (Å²) in [6.45, 7) is 1.53. The average molecular weight is 288 g/mol. The van der Waals surface area contributed by atoms with E-state index in [0.717, 1.165) is 35.3 Å². The van der Waals surface area contributed by atoms with Crippen LogP contribution in [0.5, 0.6) is 0 Å². The Balaban J connectivity index is 1.52. The Morgan fingerprint density at radius 1 is 1.43 bits per heavy atom. The van der Waals surface area contributed by atoms with Crippen LogP contribution in [-0.2, 0) is 6.42 Å². The van der Waals surface area contributed by atoms with Crippen LogP contribution in [0.15, 0.2) is 29.4 Å². The molecule has 1 heterocycles. The molecule has 0 unspecified atom stereocenters. The van der Waals surface area contributed by atoms with Gasteiger partial charge in [-0.15, -0.1) is 0 Å². The van der Waals surface area contributed by atoms with E-state index < -0.39 is 0 Å². The Hall–Kier alpha value is -2.04. The van der Waals surface area contributed by atoms with Crippen LogP contribution >= 0.6 is 0 Å². The maximum absolute atomic E-state index is 13.3. The van der Waals surface area contributed by atoms with Gasteiger partial charge in [0.05, 0.1) is 0 Å². The van der Waals surface area contributed by atoms with Crippen molar-refractivity contribution in [2.24, 2.45) is 16.6 Å². The maximum atomic E-state index is 13.3. The number of benzene rings is 1. The van der Waals surface area contributed by atoms with E-state index in [1.807, 2.05) is 6.20 Å². The first-order valence-electron chi connectivity index (χ1n) is 7.51. The molecule has 21 heavy (non-hydrogen) atoms. The lowest BCUT2D eigenvalue weighted by atomic mass is 9.86. The molecule has 1 aromatic heterocycles. The van der Waals surface area contributed by atoms with Crippen LogP contribution in [0, 0.1) is 11.7 Å². The highest BCUT2D eigenvalue weighted by Gasteiger charge is 2.16. The molecule has 0 spiro atoms.